The minimum Gasteiger partial charge on any atom is -0.311 e. The van der Waals surface area contributed by atoms with Crippen molar-refractivity contribution >= 4 is 0 Å². The molecule has 0 unspecified atom stereocenters. The van der Waals surface area contributed by atoms with Crippen molar-refractivity contribution in [3.63, 3.8) is 0 Å². The van der Waals surface area contributed by atoms with Gasteiger partial charge in [0.2, 0.25) is 0 Å². The van der Waals surface area contributed by atoms with Crippen LogP contribution in [0.25, 0.3) is 0 Å². The van der Waals surface area contributed by atoms with Gasteiger partial charge in [0.15, 0.2) is 0 Å². The SMILES string of the molecule is C[C@@H](N[C@@H]1CCCC[C@H]1c1cccnc1)C1CCCCC1. The van der Waals surface area contributed by atoms with Gasteiger partial charge in [-0.1, -0.05) is 38.2 Å². The summed E-state index contributed by atoms with van der Waals surface area (Å²) in [6.07, 6.45) is 16.6. The second-order valence-electron chi connectivity index (χ2n) is 7.14. The number of aromatic nitrogens is 1. The first kappa shape index (κ1) is 15.0. The molecule has 0 radical (unpaired) electrons. The Balaban J connectivity index is 1.64. The molecule has 2 heteroatoms. The Hall–Kier alpha value is -0.890. The number of hydrogen-bond donors (Lipinski definition) is 1. The number of nitrogens with zero attached hydrogens (tertiary/aromatic N) is 1. The van der Waals surface area contributed by atoms with E-state index in [0.717, 1.165) is 5.92 Å². The zero-order valence-electron chi connectivity index (χ0n) is 13.4. The Kier molecular flexibility index (Phi) is 5.29. The summed E-state index contributed by atoms with van der Waals surface area (Å²) in [7, 11) is 0. The van der Waals surface area contributed by atoms with Crippen molar-refractivity contribution in [2.45, 2.75) is 82.7 Å². The molecule has 0 aliphatic heterocycles. The van der Waals surface area contributed by atoms with Crippen LogP contribution in [-0.2, 0) is 0 Å². The molecule has 0 amide bonds. The Bertz CT molecular complexity index is 411. The average molecular weight is 286 g/mol. The summed E-state index contributed by atoms with van der Waals surface area (Å²) in [5, 5.41) is 4.01. The van der Waals surface area contributed by atoms with E-state index in [1.54, 1.807) is 0 Å². The second-order valence-corrected chi connectivity index (χ2v) is 7.14. The standard InChI is InChI=1S/C19H30N2/c1-15(16-8-3-2-4-9-16)21-19-12-6-5-11-18(19)17-10-7-13-20-14-17/h7,10,13-16,18-19,21H,2-6,8-9,11-12H2,1H3/t15-,18+,19-/m1/s1. The van der Waals surface area contributed by atoms with E-state index >= 15 is 0 Å². The first-order chi connectivity index (χ1) is 10.3. The molecule has 0 aromatic carbocycles. The lowest BCUT2D eigenvalue weighted by Gasteiger charge is -2.37. The molecule has 2 aliphatic rings. The highest BCUT2D eigenvalue weighted by atomic mass is 15.0. The van der Waals surface area contributed by atoms with Crippen LogP contribution in [0.2, 0.25) is 0 Å². The van der Waals surface area contributed by atoms with Crippen LogP contribution in [0.4, 0.5) is 0 Å². The van der Waals surface area contributed by atoms with Crippen molar-refractivity contribution in [2.75, 3.05) is 0 Å². The first-order valence-electron chi connectivity index (χ1n) is 9.00. The van der Waals surface area contributed by atoms with Gasteiger partial charge in [0.25, 0.3) is 0 Å². The number of pyridine rings is 1. The van der Waals surface area contributed by atoms with Crippen molar-refractivity contribution in [3.05, 3.63) is 30.1 Å². The maximum atomic E-state index is 4.34. The highest BCUT2D eigenvalue weighted by molar-refractivity contribution is 5.18. The van der Waals surface area contributed by atoms with Crippen LogP contribution < -0.4 is 5.32 Å². The Labute approximate surface area is 129 Å². The lowest BCUT2D eigenvalue weighted by molar-refractivity contribution is 0.229. The van der Waals surface area contributed by atoms with Gasteiger partial charge in [0.1, 0.15) is 0 Å². The molecular weight excluding hydrogens is 256 g/mol. The third kappa shape index (κ3) is 3.85. The van der Waals surface area contributed by atoms with Crippen molar-refractivity contribution in [2.24, 2.45) is 5.92 Å². The average Bonchev–Trinajstić information content (AvgIpc) is 2.57. The van der Waals surface area contributed by atoms with Gasteiger partial charge in [-0.05, 0) is 50.2 Å². The predicted molar refractivity (Wildman–Crippen MR) is 88.4 cm³/mol. The molecule has 2 fully saturated rings. The summed E-state index contributed by atoms with van der Waals surface area (Å²) >= 11 is 0. The number of hydrogen-bond acceptors (Lipinski definition) is 2. The molecule has 1 aromatic heterocycles. The zero-order valence-corrected chi connectivity index (χ0v) is 13.4. The van der Waals surface area contributed by atoms with Crippen LogP contribution >= 0.6 is 0 Å². The van der Waals surface area contributed by atoms with Gasteiger partial charge in [-0.25, -0.2) is 0 Å². The third-order valence-corrected chi connectivity index (χ3v) is 5.71. The molecule has 0 spiro atoms. The van der Waals surface area contributed by atoms with Crippen molar-refractivity contribution < 1.29 is 0 Å². The van der Waals surface area contributed by atoms with E-state index < -0.39 is 0 Å². The van der Waals surface area contributed by atoms with Crippen molar-refractivity contribution in [1.29, 1.82) is 0 Å². The molecule has 0 bridgehead atoms. The van der Waals surface area contributed by atoms with Crippen LogP contribution in [0.1, 0.15) is 76.2 Å². The Morgan fingerprint density at radius 2 is 1.81 bits per heavy atom. The molecule has 1 aromatic rings. The Morgan fingerprint density at radius 3 is 2.57 bits per heavy atom. The quantitative estimate of drug-likeness (QED) is 0.870. The zero-order chi connectivity index (χ0) is 14.5. The van der Waals surface area contributed by atoms with Gasteiger partial charge < -0.3 is 5.32 Å². The second kappa shape index (κ2) is 7.40. The summed E-state index contributed by atoms with van der Waals surface area (Å²) < 4.78 is 0. The molecule has 2 nitrogen and oxygen atoms in total. The molecular formula is C19H30N2. The van der Waals surface area contributed by atoms with Crippen LogP contribution in [0.5, 0.6) is 0 Å². The first-order valence-corrected chi connectivity index (χ1v) is 9.00. The molecule has 2 saturated carbocycles. The maximum Gasteiger partial charge on any atom is 0.0303 e. The molecule has 1 heterocycles. The highest BCUT2D eigenvalue weighted by Gasteiger charge is 2.29. The van der Waals surface area contributed by atoms with Crippen LogP contribution in [0.3, 0.4) is 0 Å². The summed E-state index contributed by atoms with van der Waals surface area (Å²) in [5.74, 6) is 1.56. The van der Waals surface area contributed by atoms with Crippen LogP contribution in [0, 0.1) is 5.92 Å². The number of nitrogens with one attached hydrogen (secondary N) is 1. The van der Waals surface area contributed by atoms with E-state index in [2.05, 4.69) is 35.6 Å². The Morgan fingerprint density at radius 1 is 1.05 bits per heavy atom. The largest absolute Gasteiger partial charge is 0.311 e. The fourth-order valence-corrected chi connectivity index (χ4v) is 4.43. The molecule has 1 N–H and O–H groups in total. The predicted octanol–water partition coefficient (Wildman–Crippen LogP) is 4.67. The van der Waals surface area contributed by atoms with Gasteiger partial charge >= 0.3 is 0 Å². The maximum absolute atomic E-state index is 4.34. The van der Waals surface area contributed by atoms with Gasteiger partial charge in [-0.3, -0.25) is 4.98 Å². The lowest BCUT2D eigenvalue weighted by Crippen LogP contribution is -2.45. The number of rotatable bonds is 4. The fraction of sp³-hybridized carbons (Fsp3) is 0.737. The summed E-state index contributed by atoms with van der Waals surface area (Å²) in [6.45, 7) is 2.42. The molecule has 21 heavy (non-hydrogen) atoms. The fourth-order valence-electron chi connectivity index (χ4n) is 4.43. The molecule has 116 valence electrons. The van der Waals surface area contributed by atoms with E-state index in [1.165, 1.54) is 63.4 Å². The van der Waals surface area contributed by atoms with Crippen LogP contribution in [-0.4, -0.2) is 17.1 Å². The normalized spacial score (nSPS) is 29.2. The van der Waals surface area contributed by atoms with Gasteiger partial charge in [-0.2, -0.15) is 0 Å². The lowest BCUT2D eigenvalue weighted by atomic mass is 9.78. The van der Waals surface area contributed by atoms with Crippen molar-refractivity contribution in [1.82, 2.24) is 10.3 Å². The molecule has 0 saturated heterocycles. The van der Waals surface area contributed by atoms with E-state index in [0.29, 0.717) is 18.0 Å². The molecule has 3 rings (SSSR count). The van der Waals surface area contributed by atoms with E-state index in [9.17, 15) is 0 Å². The summed E-state index contributed by atoms with van der Waals surface area (Å²) in [4.78, 5) is 4.34. The van der Waals surface area contributed by atoms with Gasteiger partial charge in [0.05, 0.1) is 0 Å². The third-order valence-electron chi connectivity index (χ3n) is 5.71. The summed E-state index contributed by atoms with van der Waals surface area (Å²) in [6, 6.07) is 5.68. The van der Waals surface area contributed by atoms with Crippen LogP contribution in [0.15, 0.2) is 24.5 Å². The minimum absolute atomic E-state index is 0.653. The topological polar surface area (TPSA) is 24.9 Å². The van der Waals surface area contributed by atoms with Crippen molar-refractivity contribution in [3.8, 4) is 0 Å². The van der Waals surface area contributed by atoms with E-state index in [1.807, 2.05) is 6.20 Å². The van der Waals surface area contributed by atoms with E-state index in [4.69, 9.17) is 0 Å². The van der Waals surface area contributed by atoms with E-state index in [-0.39, 0.29) is 0 Å². The van der Waals surface area contributed by atoms with Gasteiger partial charge in [-0.15, -0.1) is 0 Å². The smallest absolute Gasteiger partial charge is 0.0303 e. The molecule has 2 aliphatic carbocycles. The monoisotopic (exact) mass is 286 g/mol. The summed E-state index contributed by atoms with van der Waals surface area (Å²) in [5.41, 5.74) is 1.44. The van der Waals surface area contributed by atoms with Gasteiger partial charge in [0, 0.05) is 30.4 Å². The molecule has 3 atom stereocenters. The minimum atomic E-state index is 0.653. The highest BCUT2D eigenvalue weighted by Crippen LogP contribution is 2.34.